The summed E-state index contributed by atoms with van der Waals surface area (Å²) < 4.78 is 0. The number of H-pyrrole nitrogens is 1. The number of aliphatic carboxylic acids is 3. The molecule has 10 amide bonds. The maximum atomic E-state index is 14.6. The highest BCUT2D eigenvalue weighted by atomic mass is 32.1. The minimum Gasteiger partial charge on any atom is -0.481 e. The van der Waals surface area contributed by atoms with Gasteiger partial charge in [0.1, 0.15) is 91.2 Å². The van der Waals surface area contributed by atoms with Crippen LogP contribution in [-0.2, 0) is 64.1 Å². The first-order chi connectivity index (χ1) is 53.6. The largest absolute Gasteiger partial charge is 0.481 e. The van der Waals surface area contributed by atoms with Crippen LogP contribution in [-0.4, -0.2) is 350 Å². The normalized spacial score (nSPS) is 16.4. The number of nitrogens with two attached hydrogens (primary N) is 1. The fourth-order valence-electron chi connectivity index (χ4n) is 10.2. The number of fused-ring (bicyclic) bond motifs is 1. The van der Waals surface area contributed by atoms with E-state index in [1.165, 1.54) is 37.4 Å². The van der Waals surface area contributed by atoms with Crippen molar-refractivity contribution >= 4 is 112 Å². The lowest BCUT2D eigenvalue weighted by atomic mass is 10.0. The number of benzene rings is 1. The number of thiol groups is 1. The van der Waals surface area contributed by atoms with E-state index in [1.54, 1.807) is 0 Å². The summed E-state index contributed by atoms with van der Waals surface area (Å²) in [6.07, 6.45) is -33.6. The van der Waals surface area contributed by atoms with Crippen molar-refractivity contribution < 1.29 is 154 Å². The van der Waals surface area contributed by atoms with Crippen molar-refractivity contribution in [2.45, 2.75) is 206 Å². The molecule has 0 radical (unpaired) electrons. The summed E-state index contributed by atoms with van der Waals surface area (Å²) in [7, 11) is 0. The lowest BCUT2D eigenvalue weighted by Gasteiger charge is -2.28. The van der Waals surface area contributed by atoms with E-state index in [2.05, 4.69) is 91.0 Å². The zero-order valence-corrected chi connectivity index (χ0v) is 62.0. The van der Waals surface area contributed by atoms with Crippen LogP contribution in [0.4, 0.5) is 11.6 Å². The Bertz CT molecular complexity index is 3760. The first-order valence-corrected chi connectivity index (χ1v) is 35.8. The molecule has 0 saturated heterocycles. The number of aliphatic hydroxyl groups excluding tert-OH is 15. The molecule has 1 aromatic carbocycles. The number of nitrogens with one attached hydrogen (secondary N) is 12. The van der Waals surface area contributed by atoms with Crippen LogP contribution in [0.5, 0.6) is 0 Å². The lowest BCUT2D eigenvalue weighted by molar-refractivity contribution is -0.140. The number of carbonyl (C=O) groups is 13. The molecule has 638 valence electrons. The first kappa shape index (κ1) is 98.1. The third kappa shape index (κ3) is 33.9. The number of nitrogens with zero attached hydrogens (tertiary/aromatic N) is 3. The van der Waals surface area contributed by atoms with Gasteiger partial charge in [0, 0.05) is 81.2 Å². The standard InChI is InChI=1S/C65H100N16O32S/c1-27(26-114)72-58(106)32(7-13-44(92)69-21-38(86)51(100)54(103)41(89)24-83)75-61(109)35(11-17-48(97)98)78-60(108)33(8-14-45(93)70-22-39(87)52(101)55(104)42(90)25-84)76-62(110)34(10-16-47(95)96)77-59(107)31(6-12-43(91)68-20-37(85)50(99)53(102)40(88)23-82)74-46(94)15-9-36(64(112)113)79-57(105)28-2-4-29(5-3-28)67-18-30-19-71-56-49(73-30)63(111)81-65(66)80-56/h2-5,19,27,31-42,50-55,67,82-90,99-104,114H,6-18,20-26H2,1H3,(H,68,91)(H,69,92)(H,70,93)(H,72,106)(H,74,94)(H,75,109)(H,76,110)(H,77,107)(H,78,108)(H,79,105)(H,95,96)(H,97,98)(H,112,113)(H3,66,71,80,81,111)/t27-,31+,32+,33+,34+,35+,36+,37+,38+,39+,40-,41-,42-,50-,51-,52-,53-,54-,55-/m1/s1. The first-order valence-electron chi connectivity index (χ1n) is 35.2. The molecular weight excluding hydrogens is 1550 g/mol. The number of aliphatic hydroxyl groups is 15. The summed E-state index contributed by atoms with van der Waals surface area (Å²) in [6, 6.07) is -7.34. The van der Waals surface area contributed by atoms with E-state index >= 15 is 0 Å². The minimum absolute atomic E-state index is 0.00481. The van der Waals surface area contributed by atoms with Crippen molar-refractivity contribution in [3.05, 3.63) is 52.1 Å². The molecule has 3 rings (SSSR count). The van der Waals surface area contributed by atoms with Crippen molar-refractivity contribution in [2.24, 2.45) is 0 Å². The number of carboxylic acids is 3. The summed E-state index contributed by atoms with van der Waals surface area (Å²) in [5, 5.41) is 204. The lowest BCUT2D eigenvalue weighted by Crippen LogP contribution is -2.59. The third-order valence-electron chi connectivity index (χ3n) is 17.0. The molecule has 2 heterocycles. The van der Waals surface area contributed by atoms with E-state index in [4.69, 9.17) is 10.8 Å². The zero-order valence-electron chi connectivity index (χ0n) is 61.1. The van der Waals surface area contributed by atoms with Crippen LogP contribution < -0.4 is 69.8 Å². The quantitative estimate of drug-likeness (QED) is 0.0233. The molecule has 48 nitrogen and oxygen atoms in total. The second kappa shape index (κ2) is 49.5. The summed E-state index contributed by atoms with van der Waals surface area (Å²) in [5.74, 6) is -17.3. The van der Waals surface area contributed by atoms with E-state index in [-0.39, 0.29) is 35.0 Å². The number of hydrogen-bond acceptors (Lipinski definition) is 35. The molecule has 3 aromatic rings. The van der Waals surface area contributed by atoms with Crippen LogP contribution in [0, 0.1) is 0 Å². The van der Waals surface area contributed by atoms with Gasteiger partial charge in [0.05, 0.1) is 56.6 Å². The Balaban J connectivity index is 2.03. The van der Waals surface area contributed by atoms with Gasteiger partial charge in [-0.3, -0.25) is 67.3 Å². The fraction of sp³-hybridized carbons (Fsp3) is 0.615. The van der Waals surface area contributed by atoms with Crippen molar-refractivity contribution in [1.29, 1.82) is 0 Å². The monoisotopic (exact) mass is 1650 g/mol. The van der Waals surface area contributed by atoms with Crippen LogP contribution in [0.25, 0.3) is 11.2 Å². The SMILES string of the molecule is C[C@H](CS)NC(=O)[C@H](CCC(=O)NC[C@H](O)[C@@H](O)[C@H](O)[C@H](O)CO)NC(=O)[C@H](CCC(=O)O)NC(=O)[C@H](CCC(=O)NC[C@H](O)[C@@H](O)[C@H](O)[C@H](O)CO)NC(=O)[C@H](CCC(=O)O)NC(=O)[C@H](CCC(=O)NC[C@H](O)[C@@H](O)[C@H](O)[C@H](O)CO)NC(=O)CC[C@H](NC(=O)c1ccc(NCc2cnc3nc(N)[nH]c(=O)c3n2)cc1)C(=O)O. The molecule has 0 spiro atoms. The number of carboxylic acid groups (broad SMARTS) is 3. The number of rotatable bonds is 54. The molecule has 0 fully saturated rings. The summed E-state index contributed by atoms with van der Waals surface area (Å²) in [4.78, 5) is 202. The summed E-state index contributed by atoms with van der Waals surface area (Å²) >= 11 is 4.11. The van der Waals surface area contributed by atoms with Crippen LogP contribution in [0.3, 0.4) is 0 Å². The highest BCUT2D eigenvalue weighted by molar-refractivity contribution is 7.80. The van der Waals surface area contributed by atoms with Crippen molar-refractivity contribution in [3.63, 3.8) is 0 Å². The molecule has 0 saturated carbocycles. The smallest absolute Gasteiger partial charge is 0.326 e. The third-order valence-corrected chi connectivity index (χ3v) is 17.5. The number of aromatic nitrogens is 4. The van der Waals surface area contributed by atoms with E-state index in [0.29, 0.717) is 11.4 Å². The predicted molar refractivity (Wildman–Crippen MR) is 389 cm³/mol. The Kier molecular flexibility index (Phi) is 42.6. The molecule has 0 aliphatic rings. The van der Waals surface area contributed by atoms with Crippen molar-refractivity contribution in [3.8, 4) is 0 Å². The Morgan fingerprint density at radius 2 is 0.789 bits per heavy atom. The molecule has 0 unspecified atom stereocenters. The van der Waals surface area contributed by atoms with Gasteiger partial charge >= 0.3 is 17.9 Å². The zero-order chi connectivity index (χ0) is 85.8. The van der Waals surface area contributed by atoms with Gasteiger partial charge in [0.2, 0.25) is 59.1 Å². The van der Waals surface area contributed by atoms with Crippen molar-refractivity contribution in [1.82, 2.24) is 73.1 Å². The van der Waals surface area contributed by atoms with E-state index < -0.39 is 315 Å². The number of aromatic amines is 1. The van der Waals surface area contributed by atoms with Gasteiger partial charge in [-0.15, -0.1) is 0 Å². The Labute approximate surface area is 651 Å². The highest BCUT2D eigenvalue weighted by Crippen LogP contribution is 2.16. The number of hydrogen-bond donors (Lipinski definition) is 32. The maximum absolute atomic E-state index is 14.6. The van der Waals surface area contributed by atoms with Crippen LogP contribution in [0.2, 0.25) is 0 Å². The van der Waals surface area contributed by atoms with E-state index in [0.717, 1.165) is 0 Å². The topological polar surface area (TPSA) is 816 Å². The molecule has 2 aromatic heterocycles. The fourth-order valence-corrected chi connectivity index (χ4v) is 10.3. The number of carbonyl (C=O) groups excluding carboxylic acids is 10. The molecular formula is C65H100N16O32S. The Morgan fingerprint density at radius 1 is 0.447 bits per heavy atom. The summed E-state index contributed by atoms with van der Waals surface area (Å²) in [6.45, 7) is -4.29. The molecule has 49 heteroatoms. The van der Waals surface area contributed by atoms with Gasteiger partial charge in [-0.1, -0.05) is 0 Å². The van der Waals surface area contributed by atoms with Gasteiger partial charge in [-0.05, 0) is 69.7 Å². The van der Waals surface area contributed by atoms with E-state index in [1.807, 2.05) is 0 Å². The molecule has 0 aliphatic heterocycles. The second-order valence-electron chi connectivity index (χ2n) is 26.1. The van der Waals surface area contributed by atoms with Gasteiger partial charge in [-0.2, -0.15) is 17.6 Å². The van der Waals surface area contributed by atoms with Gasteiger partial charge in [0.15, 0.2) is 11.2 Å². The Hall–Kier alpha value is -10.1. The number of nitrogen functional groups attached to an aromatic ring is 1. The molecule has 0 aliphatic carbocycles. The summed E-state index contributed by atoms with van der Waals surface area (Å²) in [5.41, 5.74) is 5.41. The maximum Gasteiger partial charge on any atom is 0.326 e. The second-order valence-corrected chi connectivity index (χ2v) is 26.4. The van der Waals surface area contributed by atoms with Gasteiger partial charge < -0.3 is 156 Å². The van der Waals surface area contributed by atoms with Crippen molar-refractivity contribution in [2.75, 3.05) is 56.3 Å². The van der Waals surface area contributed by atoms with Crippen LogP contribution >= 0.6 is 12.6 Å². The van der Waals surface area contributed by atoms with E-state index in [9.17, 15) is 154 Å². The van der Waals surface area contributed by atoms with Gasteiger partial charge in [-0.25, -0.2) is 14.8 Å². The molecule has 19 atom stereocenters. The predicted octanol–water partition coefficient (Wildman–Crippen LogP) is -13.5. The Morgan fingerprint density at radius 3 is 1.15 bits per heavy atom. The van der Waals surface area contributed by atoms with Crippen LogP contribution in [0.1, 0.15) is 100 Å². The number of amides is 10. The molecule has 32 N–H and O–H groups in total. The average Bonchev–Trinajstić information content (AvgIpc) is 0.809. The van der Waals surface area contributed by atoms with Gasteiger partial charge in [0.25, 0.3) is 11.5 Å². The molecule has 114 heavy (non-hydrogen) atoms. The average molecular weight is 1650 g/mol. The highest BCUT2D eigenvalue weighted by Gasteiger charge is 2.38. The van der Waals surface area contributed by atoms with Crippen LogP contribution in [0.15, 0.2) is 35.3 Å². The minimum atomic E-state index is -2.21. The molecule has 0 bridgehead atoms. The number of anilines is 2.